The third kappa shape index (κ3) is 6.00. The molecule has 7 nitrogen and oxygen atoms in total. The molecule has 0 amide bonds. The van der Waals surface area contributed by atoms with Crippen molar-refractivity contribution in [2.45, 2.75) is 12.8 Å². The Hall–Kier alpha value is -2.97. The first-order valence-electron chi connectivity index (χ1n) is 9.22. The van der Waals surface area contributed by atoms with Gasteiger partial charge in [0.15, 0.2) is 5.82 Å². The van der Waals surface area contributed by atoms with Crippen LogP contribution in [0.4, 0.5) is 11.5 Å². The van der Waals surface area contributed by atoms with Crippen molar-refractivity contribution in [3.05, 3.63) is 66.4 Å². The van der Waals surface area contributed by atoms with Gasteiger partial charge in [-0.2, -0.15) is 0 Å². The number of nitrogens with one attached hydrogen (secondary N) is 2. The maximum Gasteiger partial charge on any atom is 0.208 e. The fraction of sp³-hybridized carbons (Fsp3) is 0.238. The summed E-state index contributed by atoms with van der Waals surface area (Å²) < 4.78 is 30.3. The molecule has 0 saturated heterocycles. The van der Waals surface area contributed by atoms with Crippen LogP contribution in [0.3, 0.4) is 0 Å². The highest BCUT2D eigenvalue weighted by atomic mass is 32.2. The van der Waals surface area contributed by atoms with Gasteiger partial charge in [0.05, 0.1) is 18.9 Å². The first-order valence-corrected chi connectivity index (χ1v) is 11.1. The van der Waals surface area contributed by atoms with Gasteiger partial charge in [-0.25, -0.2) is 23.1 Å². The molecule has 0 saturated carbocycles. The second-order valence-electron chi connectivity index (χ2n) is 6.52. The van der Waals surface area contributed by atoms with Crippen molar-refractivity contribution in [2.24, 2.45) is 0 Å². The zero-order valence-electron chi connectivity index (χ0n) is 16.4. The third-order valence-corrected chi connectivity index (χ3v) is 5.00. The Bertz CT molecular complexity index is 1070. The van der Waals surface area contributed by atoms with Crippen LogP contribution in [0.25, 0.3) is 11.4 Å². The molecule has 8 heteroatoms. The zero-order chi connectivity index (χ0) is 20.7. The molecular weight excluding hydrogens is 388 g/mol. The summed E-state index contributed by atoms with van der Waals surface area (Å²) in [7, 11) is -1.55. The Labute approximate surface area is 171 Å². The first-order chi connectivity index (χ1) is 14.0. The molecule has 0 unspecified atom stereocenters. The lowest BCUT2D eigenvalue weighted by Gasteiger charge is -2.13. The number of nitrogens with zero attached hydrogens (tertiary/aromatic N) is 2. The van der Waals surface area contributed by atoms with Gasteiger partial charge in [-0.1, -0.05) is 30.3 Å². The lowest BCUT2D eigenvalue weighted by Crippen LogP contribution is -2.23. The molecule has 0 fully saturated rings. The molecule has 0 atom stereocenters. The Balaban J connectivity index is 1.75. The standard InChI is InChI=1S/C21H24N4O3S/c1-28-19-12-6-4-10-17(19)21-22-15-13-20(25-21)24-18-11-5-3-8-16(18)9-7-14-23-29(2,26)27/h3-6,8,10-13,15,23H,7,9,14H2,1-2H3,(H,22,24,25). The van der Waals surface area contributed by atoms with Gasteiger partial charge in [-0.3, -0.25) is 0 Å². The summed E-state index contributed by atoms with van der Waals surface area (Å²) in [6.07, 6.45) is 4.30. The quantitative estimate of drug-likeness (QED) is 0.524. The molecule has 2 aromatic carbocycles. The van der Waals surface area contributed by atoms with Crippen LogP contribution < -0.4 is 14.8 Å². The Kier molecular flexibility index (Phi) is 6.79. The number of methoxy groups -OCH3 is 1. The van der Waals surface area contributed by atoms with Gasteiger partial charge < -0.3 is 10.1 Å². The van der Waals surface area contributed by atoms with E-state index in [4.69, 9.17) is 4.74 Å². The van der Waals surface area contributed by atoms with Gasteiger partial charge in [0.25, 0.3) is 0 Å². The van der Waals surface area contributed by atoms with Crippen LogP contribution in [0, 0.1) is 0 Å². The zero-order valence-corrected chi connectivity index (χ0v) is 17.2. The molecule has 0 aliphatic heterocycles. The highest BCUT2D eigenvalue weighted by Gasteiger charge is 2.10. The van der Waals surface area contributed by atoms with E-state index in [1.54, 1.807) is 19.4 Å². The number of sulfonamides is 1. The predicted molar refractivity (Wildman–Crippen MR) is 115 cm³/mol. The summed E-state index contributed by atoms with van der Waals surface area (Å²) in [5.41, 5.74) is 2.83. The van der Waals surface area contributed by atoms with Crippen LogP contribution in [0.5, 0.6) is 5.75 Å². The third-order valence-electron chi connectivity index (χ3n) is 4.27. The molecule has 29 heavy (non-hydrogen) atoms. The van der Waals surface area contributed by atoms with Gasteiger partial charge in [0.1, 0.15) is 11.6 Å². The largest absolute Gasteiger partial charge is 0.496 e. The molecular formula is C21H24N4O3S. The highest BCUT2D eigenvalue weighted by molar-refractivity contribution is 7.88. The molecule has 1 heterocycles. The summed E-state index contributed by atoms with van der Waals surface area (Å²) >= 11 is 0. The number of aromatic nitrogens is 2. The number of anilines is 2. The maximum absolute atomic E-state index is 11.2. The second-order valence-corrected chi connectivity index (χ2v) is 8.35. The van der Waals surface area contributed by atoms with Gasteiger partial charge in [-0.05, 0) is 42.7 Å². The molecule has 0 aliphatic carbocycles. The van der Waals surface area contributed by atoms with Crippen molar-refractivity contribution in [2.75, 3.05) is 25.2 Å². The van der Waals surface area contributed by atoms with Gasteiger partial charge in [0.2, 0.25) is 10.0 Å². The first kappa shape index (κ1) is 20.8. The van der Waals surface area contributed by atoms with E-state index in [9.17, 15) is 8.42 Å². The second kappa shape index (κ2) is 9.49. The fourth-order valence-electron chi connectivity index (χ4n) is 2.92. The Morgan fingerprint density at radius 2 is 1.79 bits per heavy atom. The van der Waals surface area contributed by atoms with Gasteiger partial charge >= 0.3 is 0 Å². The minimum atomic E-state index is -3.17. The summed E-state index contributed by atoms with van der Waals surface area (Å²) in [6, 6.07) is 17.3. The number of hydrogen-bond donors (Lipinski definition) is 2. The van der Waals surface area contributed by atoms with Crippen molar-refractivity contribution in [1.82, 2.24) is 14.7 Å². The van der Waals surface area contributed by atoms with Crippen LogP contribution in [0.2, 0.25) is 0 Å². The number of aryl methyl sites for hydroxylation is 1. The van der Waals surface area contributed by atoms with E-state index in [1.807, 2.05) is 48.5 Å². The summed E-state index contributed by atoms with van der Waals surface area (Å²) in [6.45, 7) is 0.401. The van der Waals surface area contributed by atoms with Crippen LogP contribution in [0.1, 0.15) is 12.0 Å². The van der Waals surface area contributed by atoms with Crippen LogP contribution in [-0.4, -0.2) is 38.3 Å². The molecule has 1 aromatic heterocycles. The molecule has 2 N–H and O–H groups in total. The molecule has 0 bridgehead atoms. The predicted octanol–water partition coefficient (Wildman–Crippen LogP) is 3.38. The Morgan fingerprint density at radius 1 is 1.03 bits per heavy atom. The normalized spacial score (nSPS) is 11.2. The lowest BCUT2D eigenvalue weighted by atomic mass is 10.1. The van der Waals surface area contributed by atoms with Crippen LogP contribution in [0.15, 0.2) is 60.8 Å². The minimum Gasteiger partial charge on any atom is -0.496 e. The smallest absolute Gasteiger partial charge is 0.208 e. The molecule has 3 rings (SSSR count). The minimum absolute atomic E-state index is 0.401. The molecule has 0 radical (unpaired) electrons. The topological polar surface area (TPSA) is 93.2 Å². The number of rotatable bonds is 9. The summed E-state index contributed by atoms with van der Waals surface area (Å²) in [5, 5.41) is 3.35. The highest BCUT2D eigenvalue weighted by Crippen LogP contribution is 2.28. The summed E-state index contributed by atoms with van der Waals surface area (Å²) in [5.74, 6) is 1.95. The Morgan fingerprint density at radius 3 is 2.59 bits per heavy atom. The molecule has 3 aromatic rings. The van der Waals surface area contributed by atoms with Crippen LogP contribution in [-0.2, 0) is 16.4 Å². The molecule has 0 aliphatic rings. The van der Waals surface area contributed by atoms with E-state index in [0.29, 0.717) is 30.4 Å². The fourth-order valence-corrected chi connectivity index (χ4v) is 3.44. The van der Waals surface area contributed by atoms with E-state index in [2.05, 4.69) is 20.0 Å². The number of hydrogen-bond acceptors (Lipinski definition) is 6. The molecule has 152 valence electrons. The van der Waals surface area contributed by atoms with Crippen molar-refractivity contribution >= 4 is 21.5 Å². The SMILES string of the molecule is COc1ccccc1-c1nccc(Nc2ccccc2CCCNS(C)(=O)=O)n1. The van der Waals surface area contributed by atoms with E-state index in [-0.39, 0.29) is 0 Å². The van der Waals surface area contributed by atoms with Crippen molar-refractivity contribution in [3.63, 3.8) is 0 Å². The number of ether oxygens (including phenoxy) is 1. The number of para-hydroxylation sites is 2. The average Bonchev–Trinajstić information content (AvgIpc) is 2.72. The van der Waals surface area contributed by atoms with E-state index < -0.39 is 10.0 Å². The van der Waals surface area contributed by atoms with Crippen molar-refractivity contribution in [3.8, 4) is 17.1 Å². The maximum atomic E-state index is 11.2. The average molecular weight is 413 g/mol. The number of benzene rings is 2. The molecule has 0 spiro atoms. The lowest BCUT2D eigenvalue weighted by molar-refractivity contribution is 0.416. The van der Waals surface area contributed by atoms with Crippen molar-refractivity contribution in [1.29, 1.82) is 0 Å². The van der Waals surface area contributed by atoms with Gasteiger partial charge in [0, 0.05) is 18.4 Å². The van der Waals surface area contributed by atoms with Crippen LogP contribution >= 0.6 is 0 Å². The van der Waals surface area contributed by atoms with E-state index in [1.165, 1.54) is 0 Å². The monoisotopic (exact) mass is 412 g/mol. The van der Waals surface area contributed by atoms with E-state index >= 15 is 0 Å². The summed E-state index contributed by atoms with van der Waals surface area (Å²) in [4.78, 5) is 8.99. The van der Waals surface area contributed by atoms with E-state index in [0.717, 1.165) is 29.5 Å². The van der Waals surface area contributed by atoms with Crippen molar-refractivity contribution < 1.29 is 13.2 Å². The van der Waals surface area contributed by atoms with Gasteiger partial charge in [-0.15, -0.1) is 0 Å².